The normalized spacial score (nSPS) is 24.0. The number of imide groups is 1. The molecule has 1 saturated carbocycles. The van der Waals surface area contributed by atoms with Crippen LogP contribution in [-0.2, 0) is 27.0 Å². The Morgan fingerprint density at radius 2 is 1.66 bits per heavy atom. The van der Waals surface area contributed by atoms with E-state index in [0.29, 0.717) is 36.4 Å². The van der Waals surface area contributed by atoms with Crippen LogP contribution in [0.1, 0.15) is 111 Å². The molecule has 392 valence electrons. The van der Waals surface area contributed by atoms with E-state index in [1.807, 2.05) is 49.0 Å². The molecule has 1 aliphatic carbocycles. The summed E-state index contributed by atoms with van der Waals surface area (Å²) in [6.45, 7) is 8.34. The van der Waals surface area contributed by atoms with Crippen molar-refractivity contribution in [2.75, 3.05) is 64.5 Å². The predicted octanol–water partition coefficient (Wildman–Crippen LogP) is 8.54. The number of urea groups is 1. The molecule has 5 aliphatic rings. The topological polar surface area (TPSA) is 174 Å². The van der Waals surface area contributed by atoms with Crippen molar-refractivity contribution in [1.82, 2.24) is 30.2 Å². The maximum absolute atomic E-state index is 16.7. The molecule has 4 aromatic carbocycles. The number of ether oxygens (including phenoxy) is 3. The SMILES string of the molecule is COCCOc1ccc(C(N)=O)c(-c2c(Cl)c(F)cc3c2[C@H](C)[C@@](CNC2CCC(C)(C(=O)N4CCC(N5CCC(c6ccc7c(N8CCC(=O)NC8=O)nn(C)c7c6)CC5)CC4)CC2)(c2ccccc2)O3)c1F. The van der Waals surface area contributed by atoms with Crippen molar-refractivity contribution in [2.45, 2.75) is 101 Å². The maximum atomic E-state index is 16.7. The molecular formula is C56H65ClF2N8O7. The van der Waals surface area contributed by atoms with Gasteiger partial charge in [0, 0.05) is 98.3 Å². The fourth-order valence-electron chi connectivity index (χ4n) is 12.4. The number of aromatic nitrogens is 2. The van der Waals surface area contributed by atoms with Gasteiger partial charge < -0.3 is 35.1 Å². The van der Waals surface area contributed by atoms with Crippen molar-refractivity contribution in [1.29, 1.82) is 0 Å². The molecule has 5 heterocycles. The van der Waals surface area contributed by atoms with Crippen molar-refractivity contribution in [2.24, 2.45) is 18.2 Å². The zero-order valence-corrected chi connectivity index (χ0v) is 43.2. The Labute approximate surface area is 435 Å². The van der Waals surface area contributed by atoms with E-state index in [4.69, 9.17) is 31.5 Å². The second-order valence-electron chi connectivity index (χ2n) is 21.1. The zero-order chi connectivity index (χ0) is 52.1. The highest BCUT2D eigenvalue weighted by Gasteiger charge is 2.51. The first kappa shape index (κ1) is 51.4. The number of aryl methyl sites for hydroxylation is 1. The number of hydrogen-bond donors (Lipinski definition) is 3. The summed E-state index contributed by atoms with van der Waals surface area (Å²) in [5, 5.41) is 11.4. The van der Waals surface area contributed by atoms with Crippen molar-refractivity contribution in [3.63, 3.8) is 0 Å². The van der Waals surface area contributed by atoms with Crippen LogP contribution in [0.3, 0.4) is 0 Å². The summed E-state index contributed by atoms with van der Waals surface area (Å²) in [4.78, 5) is 57.8. The lowest BCUT2D eigenvalue weighted by atomic mass is 9.72. The van der Waals surface area contributed by atoms with Crippen molar-refractivity contribution >= 4 is 52.1 Å². The fourth-order valence-corrected chi connectivity index (χ4v) is 12.7. The van der Waals surface area contributed by atoms with Gasteiger partial charge in [0.15, 0.2) is 23.0 Å². The summed E-state index contributed by atoms with van der Waals surface area (Å²) < 4.78 is 52.1. The largest absolute Gasteiger partial charge is 0.488 e. The molecule has 10 rings (SSSR count). The molecule has 18 heteroatoms. The average molecular weight is 1040 g/mol. The Hall–Kier alpha value is -6.14. The highest BCUT2D eigenvalue weighted by atomic mass is 35.5. The molecule has 0 radical (unpaired) electrons. The lowest BCUT2D eigenvalue weighted by Crippen LogP contribution is -2.53. The Balaban J connectivity index is 0.762. The van der Waals surface area contributed by atoms with Gasteiger partial charge in [0.25, 0.3) is 0 Å². The van der Waals surface area contributed by atoms with Crippen LogP contribution in [0.25, 0.3) is 22.0 Å². The van der Waals surface area contributed by atoms with Gasteiger partial charge in [-0.2, -0.15) is 5.10 Å². The van der Waals surface area contributed by atoms with E-state index in [0.717, 1.165) is 94.0 Å². The second-order valence-corrected chi connectivity index (χ2v) is 21.5. The first-order valence-corrected chi connectivity index (χ1v) is 26.3. The number of anilines is 1. The molecule has 5 aromatic rings. The van der Waals surface area contributed by atoms with E-state index in [1.54, 1.807) is 4.90 Å². The molecule has 0 unspecified atom stereocenters. The molecule has 4 fully saturated rings. The number of fused-ring (bicyclic) bond motifs is 2. The van der Waals surface area contributed by atoms with E-state index < -0.39 is 40.5 Å². The number of carbonyl (C=O) groups excluding carboxylic acids is 4. The molecule has 0 bridgehead atoms. The number of primary amides is 1. The molecule has 0 spiro atoms. The molecule has 4 N–H and O–H groups in total. The standard InChI is InChI=1S/C56H65ClF2N8O7/c1-33-46-44(31-41(58)49(57)48(46)47-40(51(60)69)12-13-43(50(47)59)73-29-28-72-4)74-56(33,36-8-6-5-7-9-36)32-61-37-14-21-55(2,22-15-37)53(70)66-25-18-38(19-26-66)65-23-16-34(17-24-65)35-10-11-39-42(30-35)64(3)63-52(39)67-27-20-45(68)62-54(67)71/h5-13,30-31,33-34,37-38,61H,14-29,32H2,1-4H3,(H2,60,69)(H,62,68,71)/t33-,37?,55?,56-/m0/s1. The summed E-state index contributed by atoms with van der Waals surface area (Å²) in [5.41, 5.74) is 7.26. The zero-order valence-electron chi connectivity index (χ0n) is 42.5. The van der Waals surface area contributed by atoms with Crippen LogP contribution < -0.4 is 30.7 Å². The molecule has 1 aromatic heterocycles. The van der Waals surface area contributed by atoms with Gasteiger partial charge in [0.05, 0.1) is 22.7 Å². The van der Waals surface area contributed by atoms with Crippen LogP contribution in [0.15, 0.2) is 66.7 Å². The Morgan fingerprint density at radius 1 is 0.932 bits per heavy atom. The second kappa shape index (κ2) is 20.9. The number of likely N-dealkylation sites (tertiary alicyclic amines) is 2. The lowest BCUT2D eigenvalue weighted by Gasteiger charge is -2.45. The van der Waals surface area contributed by atoms with Gasteiger partial charge in [-0.05, 0) is 106 Å². The molecule has 74 heavy (non-hydrogen) atoms. The van der Waals surface area contributed by atoms with Gasteiger partial charge in [-0.3, -0.25) is 29.3 Å². The summed E-state index contributed by atoms with van der Waals surface area (Å²) in [5.74, 6) is -2.25. The Kier molecular flexibility index (Phi) is 14.5. The lowest BCUT2D eigenvalue weighted by molar-refractivity contribution is -0.145. The van der Waals surface area contributed by atoms with E-state index in [-0.39, 0.29) is 70.7 Å². The summed E-state index contributed by atoms with van der Waals surface area (Å²) in [7, 11) is 3.38. The number of nitrogens with one attached hydrogen (secondary N) is 2. The molecule has 3 saturated heterocycles. The number of piperidine rings is 2. The Bertz CT molecular complexity index is 2970. The van der Waals surface area contributed by atoms with Gasteiger partial charge in [0.1, 0.15) is 18.2 Å². The summed E-state index contributed by atoms with van der Waals surface area (Å²) >= 11 is 6.78. The number of carbonyl (C=O) groups is 4. The van der Waals surface area contributed by atoms with Gasteiger partial charge in [0.2, 0.25) is 17.7 Å². The minimum Gasteiger partial charge on any atom is -0.488 e. The van der Waals surface area contributed by atoms with Crippen molar-refractivity contribution in [3.05, 3.63) is 106 Å². The fraction of sp³-hybridized carbons (Fsp3) is 0.482. The van der Waals surface area contributed by atoms with E-state index in [1.165, 1.54) is 30.9 Å². The minimum absolute atomic E-state index is 0.0179. The van der Waals surface area contributed by atoms with Crippen molar-refractivity contribution in [3.8, 4) is 22.6 Å². The number of benzene rings is 4. The molecule has 15 nitrogen and oxygen atoms in total. The van der Waals surface area contributed by atoms with Gasteiger partial charge in [-0.15, -0.1) is 0 Å². The van der Waals surface area contributed by atoms with E-state index in [2.05, 4.69) is 50.7 Å². The van der Waals surface area contributed by atoms with Crippen molar-refractivity contribution < 1.29 is 42.2 Å². The summed E-state index contributed by atoms with van der Waals surface area (Å²) in [6, 6.07) is 20.0. The molecule has 5 amide bonds. The smallest absolute Gasteiger partial charge is 0.329 e. The minimum atomic E-state index is -1.10. The highest BCUT2D eigenvalue weighted by molar-refractivity contribution is 6.34. The van der Waals surface area contributed by atoms with Crippen LogP contribution in [0.2, 0.25) is 5.02 Å². The van der Waals surface area contributed by atoms with Crippen LogP contribution in [0, 0.1) is 17.0 Å². The van der Waals surface area contributed by atoms with Crippen LogP contribution in [0.5, 0.6) is 11.5 Å². The third kappa shape index (κ3) is 9.49. The predicted molar refractivity (Wildman–Crippen MR) is 278 cm³/mol. The molecule has 4 aliphatic heterocycles. The number of rotatable bonds is 14. The third-order valence-electron chi connectivity index (χ3n) is 16.8. The van der Waals surface area contributed by atoms with Gasteiger partial charge in [-0.25, -0.2) is 13.6 Å². The van der Waals surface area contributed by atoms with Crippen LogP contribution in [-0.4, -0.2) is 115 Å². The molecular weight excluding hydrogens is 970 g/mol. The van der Waals surface area contributed by atoms with Gasteiger partial charge >= 0.3 is 6.03 Å². The Morgan fingerprint density at radius 3 is 2.35 bits per heavy atom. The number of hydrogen-bond acceptors (Lipinski definition) is 10. The monoisotopic (exact) mass is 1030 g/mol. The summed E-state index contributed by atoms with van der Waals surface area (Å²) in [6.07, 6.45) is 7.17. The maximum Gasteiger partial charge on any atom is 0.329 e. The van der Waals surface area contributed by atoms with E-state index >= 15 is 8.78 Å². The number of methoxy groups -OCH3 is 1. The quantitative estimate of drug-likeness (QED) is 0.0916. The average Bonchev–Trinajstić information content (AvgIpc) is 3.89. The van der Waals surface area contributed by atoms with Gasteiger partial charge in [-0.1, -0.05) is 61.8 Å². The number of nitrogens with zero attached hydrogens (tertiary/aromatic N) is 5. The first-order chi connectivity index (χ1) is 35.6. The van der Waals surface area contributed by atoms with Crippen LogP contribution >= 0.6 is 11.6 Å². The number of nitrogens with two attached hydrogens (primary N) is 1. The van der Waals surface area contributed by atoms with Crippen LogP contribution in [0.4, 0.5) is 19.4 Å². The highest BCUT2D eigenvalue weighted by Crippen LogP contribution is 2.57. The molecule has 2 atom stereocenters. The van der Waals surface area contributed by atoms with E-state index in [9.17, 15) is 19.2 Å². The third-order valence-corrected chi connectivity index (χ3v) is 17.1. The number of amides is 5. The first-order valence-electron chi connectivity index (χ1n) is 26.0. The number of halogens is 3.